The Balaban J connectivity index is 1.86. The molecule has 3 unspecified atom stereocenters. The Bertz CT molecular complexity index is 524. The van der Waals surface area contributed by atoms with E-state index in [1.165, 1.54) is 12.8 Å². The van der Waals surface area contributed by atoms with Crippen LogP contribution < -0.4 is 9.64 Å². The molecule has 4 heteroatoms. The fourth-order valence-electron chi connectivity index (χ4n) is 3.50. The zero-order chi connectivity index (χ0) is 15.7. The van der Waals surface area contributed by atoms with Gasteiger partial charge in [0.25, 0.3) is 0 Å². The van der Waals surface area contributed by atoms with Crippen LogP contribution in [0.1, 0.15) is 39.0 Å². The average molecular weight is 303 g/mol. The molecule has 2 fully saturated rings. The van der Waals surface area contributed by atoms with E-state index in [1.54, 1.807) is 7.11 Å². The quantitative estimate of drug-likeness (QED) is 0.909. The van der Waals surface area contributed by atoms with Crippen LogP contribution >= 0.6 is 0 Å². The standard InChI is InChI=1S/C18H25NO3/c1-12(13-6-7-13)19(14-8-10-15(22-2)11-9-14)18(21)16-4-3-5-17(16)20/h8-13,16-17,20H,3-7H2,1-2H3. The molecule has 1 N–H and O–H groups in total. The van der Waals surface area contributed by atoms with Gasteiger partial charge in [-0.1, -0.05) is 0 Å². The summed E-state index contributed by atoms with van der Waals surface area (Å²) in [6, 6.07) is 7.85. The molecule has 3 rings (SSSR count). The summed E-state index contributed by atoms with van der Waals surface area (Å²) in [5, 5.41) is 10.1. The number of hydrogen-bond acceptors (Lipinski definition) is 3. The molecule has 2 saturated carbocycles. The normalized spacial score (nSPS) is 25.8. The second-order valence-electron chi connectivity index (χ2n) is 6.59. The molecule has 0 aromatic heterocycles. The number of aliphatic hydroxyl groups excluding tert-OH is 1. The lowest BCUT2D eigenvalue weighted by atomic mass is 10.0. The number of hydrogen-bond donors (Lipinski definition) is 1. The third-order valence-electron chi connectivity index (χ3n) is 5.10. The highest BCUT2D eigenvalue weighted by atomic mass is 16.5. The Labute approximate surface area is 132 Å². The van der Waals surface area contributed by atoms with Gasteiger partial charge in [0.2, 0.25) is 5.91 Å². The summed E-state index contributed by atoms with van der Waals surface area (Å²) in [4.78, 5) is 14.9. The van der Waals surface area contributed by atoms with Crippen LogP contribution in [0.2, 0.25) is 0 Å². The average Bonchev–Trinajstić information content (AvgIpc) is 3.30. The van der Waals surface area contributed by atoms with E-state index in [9.17, 15) is 9.90 Å². The largest absolute Gasteiger partial charge is 0.497 e. The summed E-state index contributed by atoms with van der Waals surface area (Å²) < 4.78 is 5.20. The molecule has 120 valence electrons. The first kappa shape index (κ1) is 15.3. The third-order valence-corrected chi connectivity index (χ3v) is 5.10. The molecule has 22 heavy (non-hydrogen) atoms. The van der Waals surface area contributed by atoms with Crippen LogP contribution in [-0.2, 0) is 4.79 Å². The minimum Gasteiger partial charge on any atom is -0.497 e. The lowest BCUT2D eigenvalue weighted by Gasteiger charge is -2.32. The Morgan fingerprint density at radius 3 is 2.41 bits per heavy atom. The first-order chi connectivity index (χ1) is 10.6. The molecule has 0 heterocycles. The highest BCUT2D eigenvalue weighted by Crippen LogP contribution is 2.39. The monoisotopic (exact) mass is 303 g/mol. The number of carbonyl (C=O) groups is 1. The highest BCUT2D eigenvalue weighted by molar-refractivity contribution is 5.96. The van der Waals surface area contributed by atoms with Gasteiger partial charge in [0.1, 0.15) is 5.75 Å². The van der Waals surface area contributed by atoms with Gasteiger partial charge in [-0.25, -0.2) is 0 Å². The second kappa shape index (κ2) is 6.29. The van der Waals surface area contributed by atoms with Crippen molar-refractivity contribution in [2.45, 2.75) is 51.2 Å². The maximum Gasteiger partial charge on any atom is 0.232 e. The van der Waals surface area contributed by atoms with E-state index >= 15 is 0 Å². The maximum absolute atomic E-state index is 13.0. The summed E-state index contributed by atoms with van der Waals surface area (Å²) in [6.07, 6.45) is 4.36. The van der Waals surface area contributed by atoms with Crippen molar-refractivity contribution >= 4 is 11.6 Å². The van der Waals surface area contributed by atoms with Crippen LogP contribution in [0.25, 0.3) is 0 Å². The first-order valence-corrected chi connectivity index (χ1v) is 8.27. The van der Waals surface area contributed by atoms with E-state index in [1.807, 2.05) is 29.2 Å². The smallest absolute Gasteiger partial charge is 0.232 e. The molecular formula is C18H25NO3. The first-order valence-electron chi connectivity index (χ1n) is 8.27. The van der Waals surface area contributed by atoms with E-state index in [0.717, 1.165) is 30.7 Å². The Morgan fingerprint density at radius 2 is 1.91 bits per heavy atom. The molecule has 1 amide bonds. The van der Waals surface area contributed by atoms with Crippen molar-refractivity contribution < 1.29 is 14.6 Å². The van der Waals surface area contributed by atoms with E-state index in [-0.39, 0.29) is 17.9 Å². The van der Waals surface area contributed by atoms with Gasteiger partial charge < -0.3 is 14.7 Å². The summed E-state index contributed by atoms with van der Waals surface area (Å²) in [7, 11) is 1.64. The van der Waals surface area contributed by atoms with Crippen molar-refractivity contribution in [2.75, 3.05) is 12.0 Å². The summed E-state index contributed by atoms with van der Waals surface area (Å²) in [5.74, 6) is 1.21. The summed E-state index contributed by atoms with van der Waals surface area (Å²) in [5.41, 5.74) is 0.907. The van der Waals surface area contributed by atoms with Crippen LogP contribution in [-0.4, -0.2) is 30.3 Å². The number of methoxy groups -OCH3 is 1. The number of anilines is 1. The van der Waals surface area contributed by atoms with E-state index < -0.39 is 6.10 Å². The van der Waals surface area contributed by atoms with Crippen molar-refractivity contribution in [3.05, 3.63) is 24.3 Å². The Kier molecular flexibility index (Phi) is 4.39. The van der Waals surface area contributed by atoms with Crippen molar-refractivity contribution in [1.29, 1.82) is 0 Å². The zero-order valence-corrected chi connectivity index (χ0v) is 13.4. The van der Waals surface area contributed by atoms with Crippen molar-refractivity contribution in [2.24, 2.45) is 11.8 Å². The van der Waals surface area contributed by atoms with Crippen molar-refractivity contribution in [3.8, 4) is 5.75 Å². The predicted octanol–water partition coefficient (Wildman–Crippen LogP) is 2.99. The number of ether oxygens (including phenoxy) is 1. The maximum atomic E-state index is 13.0. The molecule has 1 aromatic rings. The number of aliphatic hydroxyl groups is 1. The van der Waals surface area contributed by atoms with E-state index in [0.29, 0.717) is 5.92 Å². The minimum atomic E-state index is -0.486. The van der Waals surface area contributed by atoms with Gasteiger partial charge >= 0.3 is 0 Å². The van der Waals surface area contributed by atoms with Crippen molar-refractivity contribution in [1.82, 2.24) is 0 Å². The highest BCUT2D eigenvalue weighted by Gasteiger charge is 2.40. The van der Waals surface area contributed by atoms with Gasteiger partial charge in [0.05, 0.1) is 19.1 Å². The summed E-state index contributed by atoms with van der Waals surface area (Å²) >= 11 is 0. The molecule has 0 saturated heterocycles. The van der Waals surface area contributed by atoms with Gasteiger partial charge in [-0.15, -0.1) is 0 Å². The third kappa shape index (κ3) is 2.98. The fraction of sp³-hybridized carbons (Fsp3) is 0.611. The van der Waals surface area contributed by atoms with Crippen molar-refractivity contribution in [3.63, 3.8) is 0 Å². The predicted molar refractivity (Wildman–Crippen MR) is 86.0 cm³/mol. The molecule has 4 nitrogen and oxygen atoms in total. The zero-order valence-electron chi connectivity index (χ0n) is 13.4. The van der Waals surface area contributed by atoms with Gasteiger partial charge in [0.15, 0.2) is 0 Å². The van der Waals surface area contributed by atoms with Gasteiger partial charge in [-0.05, 0) is 69.2 Å². The molecule has 3 atom stereocenters. The molecule has 0 spiro atoms. The molecule has 0 aliphatic heterocycles. The number of benzene rings is 1. The van der Waals surface area contributed by atoms with E-state index in [4.69, 9.17) is 4.74 Å². The number of carbonyl (C=O) groups excluding carboxylic acids is 1. The van der Waals surface area contributed by atoms with Crippen LogP contribution in [0.4, 0.5) is 5.69 Å². The van der Waals surface area contributed by atoms with Gasteiger partial charge in [-0.2, -0.15) is 0 Å². The Hall–Kier alpha value is -1.55. The summed E-state index contributed by atoms with van der Waals surface area (Å²) in [6.45, 7) is 2.13. The molecule has 0 bridgehead atoms. The second-order valence-corrected chi connectivity index (χ2v) is 6.59. The van der Waals surface area contributed by atoms with E-state index in [2.05, 4.69) is 6.92 Å². The topological polar surface area (TPSA) is 49.8 Å². The minimum absolute atomic E-state index is 0.0783. The fourth-order valence-corrected chi connectivity index (χ4v) is 3.50. The number of nitrogens with zero attached hydrogens (tertiary/aromatic N) is 1. The van der Waals surface area contributed by atoms with Crippen LogP contribution in [0, 0.1) is 11.8 Å². The SMILES string of the molecule is COc1ccc(N(C(=O)C2CCCC2O)C(C)C2CC2)cc1. The van der Waals surface area contributed by atoms with Crippen LogP contribution in [0.15, 0.2) is 24.3 Å². The number of amides is 1. The van der Waals surface area contributed by atoms with Crippen LogP contribution in [0.5, 0.6) is 5.75 Å². The lowest BCUT2D eigenvalue weighted by Crippen LogP contribution is -2.45. The van der Waals surface area contributed by atoms with Crippen LogP contribution in [0.3, 0.4) is 0 Å². The van der Waals surface area contributed by atoms with Gasteiger partial charge in [-0.3, -0.25) is 4.79 Å². The molecular weight excluding hydrogens is 278 g/mol. The van der Waals surface area contributed by atoms with Gasteiger partial charge in [0, 0.05) is 11.7 Å². The number of rotatable bonds is 5. The molecule has 2 aliphatic carbocycles. The lowest BCUT2D eigenvalue weighted by molar-refractivity contribution is -0.125. The molecule has 2 aliphatic rings. The molecule has 1 aromatic carbocycles. The Morgan fingerprint density at radius 1 is 1.23 bits per heavy atom. The molecule has 0 radical (unpaired) electrons.